The van der Waals surface area contributed by atoms with Crippen LogP contribution < -0.4 is 16.0 Å². The van der Waals surface area contributed by atoms with Crippen molar-refractivity contribution in [2.24, 2.45) is 0 Å². The Hall–Kier alpha value is -2.38. The summed E-state index contributed by atoms with van der Waals surface area (Å²) in [5.74, 6) is -0.123. The van der Waals surface area contributed by atoms with Gasteiger partial charge in [-0.25, -0.2) is 4.79 Å². The first kappa shape index (κ1) is 21.3. The molecule has 1 aliphatic heterocycles. The van der Waals surface area contributed by atoms with E-state index in [9.17, 15) is 14.7 Å². The van der Waals surface area contributed by atoms with Crippen LogP contribution in [-0.2, 0) is 16.1 Å². The van der Waals surface area contributed by atoms with Gasteiger partial charge in [-0.15, -0.1) is 0 Å². The van der Waals surface area contributed by atoms with E-state index in [0.717, 1.165) is 31.2 Å². The quantitative estimate of drug-likeness (QED) is 0.525. The van der Waals surface area contributed by atoms with Crippen molar-refractivity contribution in [3.63, 3.8) is 0 Å². The normalized spacial score (nSPS) is 24.7. The summed E-state index contributed by atoms with van der Waals surface area (Å²) in [4.78, 5) is 24.5. The fraction of sp³-hybridized carbons (Fsp3) is 0.545. The summed E-state index contributed by atoms with van der Waals surface area (Å²) in [6.45, 7) is 0.228. The van der Waals surface area contributed by atoms with Crippen LogP contribution in [-0.4, -0.2) is 47.9 Å². The van der Waals surface area contributed by atoms with E-state index in [-0.39, 0.29) is 31.0 Å². The van der Waals surface area contributed by atoms with E-state index >= 15 is 0 Å². The van der Waals surface area contributed by atoms with Crippen molar-refractivity contribution in [1.29, 1.82) is 0 Å². The molecule has 1 aliphatic carbocycles. The summed E-state index contributed by atoms with van der Waals surface area (Å²) in [6.07, 6.45) is 8.27. The fourth-order valence-corrected chi connectivity index (χ4v) is 3.81. The van der Waals surface area contributed by atoms with Crippen LogP contribution >= 0.6 is 0 Å². The van der Waals surface area contributed by atoms with E-state index in [4.69, 9.17) is 4.74 Å². The van der Waals surface area contributed by atoms with Crippen LogP contribution in [0.5, 0.6) is 0 Å². The van der Waals surface area contributed by atoms with E-state index in [1.807, 2.05) is 30.3 Å². The Morgan fingerprint density at radius 1 is 1.03 bits per heavy atom. The number of carbonyl (C=O) groups is 2. The molecule has 7 nitrogen and oxygen atoms in total. The standard InChI is InChI=1S/C22H31N3O4/c26-15-20-19(25-22(28)24-17-9-5-2-6-10-17)12-11-18(29-20)13-21(27)23-14-16-7-3-1-4-8-16/h1,3-4,7-8,11-12,17-20,26H,2,5-6,9-10,13-15H2,(H,23,27)(H2,24,25,28)/t18-,19-,20-/m0/s1. The lowest BCUT2D eigenvalue weighted by Crippen LogP contribution is -2.53. The van der Waals surface area contributed by atoms with E-state index in [1.165, 1.54) is 6.42 Å². The van der Waals surface area contributed by atoms with Crippen LogP contribution in [0.1, 0.15) is 44.1 Å². The Labute approximate surface area is 171 Å². The molecule has 0 aromatic heterocycles. The molecule has 0 saturated heterocycles. The van der Waals surface area contributed by atoms with E-state index in [1.54, 1.807) is 12.2 Å². The Morgan fingerprint density at radius 3 is 2.52 bits per heavy atom. The maximum Gasteiger partial charge on any atom is 0.315 e. The van der Waals surface area contributed by atoms with Crippen LogP contribution in [0.25, 0.3) is 0 Å². The van der Waals surface area contributed by atoms with Crippen LogP contribution in [0.15, 0.2) is 42.5 Å². The third kappa shape index (κ3) is 6.87. The molecule has 1 aromatic rings. The molecule has 3 rings (SSSR count). The summed E-state index contributed by atoms with van der Waals surface area (Å²) >= 11 is 0. The van der Waals surface area contributed by atoms with Gasteiger partial charge in [0, 0.05) is 12.6 Å². The van der Waals surface area contributed by atoms with E-state index in [2.05, 4.69) is 16.0 Å². The number of nitrogens with one attached hydrogen (secondary N) is 3. The first-order valence-corrected chi connectivity index (χ1v) is 10.5. The molecule has 0 radical (unpaired) electrons. The number of aliphatic hydroxyl groups excluding tert-OH is 1. The van der Waals surface area contributed by atoms with Gasteiger partial charge in [-0.3, -0.25) is 4.79 Å². The van der Waals surface area contributed by atoms with Crippen molar-refractivity contribution in [3.8, 4) is 0 Å². The van der Waals surface area contributed by atoms with Gasteiger partial charge in [0.2, 0.25) is 5.91 Å². The number of urea groups is 1. The summed E-state index contributed by atoms with van der Waals surface area (Å²) in [7, 11) is 0. The first-order valence-electron chi connectivity index (χ1n) is 10.5. The summed E-state index contributed by atoms with van der Waals surface area (Å²) < 4.78 is 5.82. The second-order valence-corrected chi connectivity index (χ2v) is 7.73. The monoisotopic (exact) mass is 401 g/mol. The van der Waals surface area contributed by atoms with Gasteiger partial charge >= 0.3 is 6.03 Å². The number of aliphatic hydroxyl groups is 1. The maximum absolute atomic E-state index is 12.3. The molecule has 29 heavy (non-hydrogen) atoms. The minimum atomic E-state index is -0.580. The Balaban J connectivity index is 1.44. The Kier molecular flexibility index (Phi) is 8.07. The molecule has 0 unspecified atom stereocenters. The number of amides is 3. The molecule has 3 amide bonds. The maximum atomic E-state index is 12.3. The van der Waals surface area contributed by atoms with Crippen molar-refractivity contribution in [3.05, 3.63) is 48.0 Å². The molecule has 4 N–H and O–H groups in total. The van der Waals surface area contributed by atoms with Gasteiger partial charge in [0.05, 0.1) is 25.2 Å². The predicted molar refractivity (Wildman–Crippen MR) is 110 cm³/mol. The number of rotatable bonds is 7. The number of benzene rings is 1. The average Bonchev–Trinajstić information content (AvgIpc) is 2.74. The molecule has 0 spiro atoms. The zero-order valence-corrected chi connectivity index (χ0v) is 16.7. The van der Waals surface area contributed by atoms with Gasteiger partial charge in [-0.05, 0) is 18.4 Å². The smallest absolute Gasteiger partial charge is 0.315 e. The third-order valence-electron chi connectivity index (χ3n) is 5.42. The van der Waals surface area contributed by atoms with Gasteiger partial charge in [0.25, 0.3) is 0 Å². The van der Waals surface area contributed by atoms with Crippen molar-refractivity contribution in [2.45, 2.75) is 69.4 Å². The molecule has 158 valence electrons. The topological polar surface area (TPSA) is 99.7 Å². The van der Waals surface area contributed by atoms with Crippen molar-refractivity contribution in [2.75, 3.05) is 6.61 Å². The van der Waals surface area contributed by atoms with Gasteiger partial charge in [-0.1, -0.05) is 61.7 Å². The van der Waals surface area contributed by atoms with Crippen LogP contribution in [0.3, 0.4) is 0 Å². The van der Waals surface area contributed by atoms with Crippen LogP contribution in [0.2, 0.25) is 0 Å². The lowest BCUT2D eigenvalue weighted by atomic mass is 9.96. The molecule has 0 bridgehead atoms. The minimum absolute atomic E-state index is 0.123. The molecule has 1 aromatic carbocycles. The highest BCUT2D eigenvalue weighted by atomic mass is 16.5. The lowest BCUT2D eigenvalue weighted by Gasteiger charge is -2.32. The van der Waals surface area contributed by atoms with E-state index < -0.39 is 18.2 Å². The van der Waals surface area contributed by atoms with Crippen LogP contribution in [0, 0.1) is 0 Å². The van der Waals surface area contributed by atoms with Crippen molar-refractivity contribution < 1.29 is 19.4 Å². The summed E-state index contributed by atoms with van der Waals surface area (Å²) in [6, 6.07) is 9.24. The van der Waals surface area contributed by atoms with Crippen LogP contribution in [0.4, 0.5) is 4.79 Å². The molecule has 3 atom stereocenters. The molecular weight excluding hydrogens is 370 g/mol. The first-order chi connectivity index (χ1) is 14.1. The zero-order valence-electron chi connectivity index (χ0n) is 16.7. The number of hydrogen-bond acceptors (Lipinski definition) is 4. The largest absolute Gasteiger partial charge is 0.394 e. The molecule has 2 aliphatic rings. The number of ether oxygens (including phenoxy) is 1. The summed E-state index contributed by atoms with van der Waals surface area (Å²) in [5, 5.41) is 18.4. The van der Waals surface area contributed by atoms with Gasteiger partial charge in [-0.2, -0.15) is 0 Å². The molecule has 7 heteroatoms. The van der Waals surface area contributed by atoms with Gasteiger partial charge in [0.15, 0.2) is 0 Å². The molecule has 1 saturated carbocycles. The Morgan fingerprint density at radius 2 is 1.79 bits per heavy atom. The highest BCUT2D eigenvalue weighted by molar-refractivity contribution is 5.77. The highest BCUT2D eigenvalue weighted by Crippen LogP contribution is 2.18. The third-order valence-corrected chi connectivity index (χ3v) is 5.42. The molecule has 1 fully saturated rings. The predicted octanol–water partition coefficient (Wildman–Crippen LogP) is 2.01. The SMILES string of the molecule is O=C(C[C@@H]1C=C[C@H](NC(=O)NC2CCCCC2)[C@H](CO)O1)NCc1ccccc1. The number of hydrogen-bond donors (Lipinski definition) is 4. The van der Waals surface area contributed by atoms with Gasteiger partial charge < -0.3 is 25.8 Å². The van der Waals surface area contributed by atoms with Crippen molar-refractivity contribution >= 4 is 11.9 Å². The summed E-state index contributed by atoms with van der Waals surface area (Å²) in [5.41, 5.74) is 1.03. The van der Waals surface area contributed by atoms with Gasteiger partial charge in [0.1, 0.15) is 6.10 Å². The lowest BCUT2D eigenvalue weighted by molar-refractivity contribution is -0.125. The van der Waals surface area contributed by atoms with E-state index in [0.29, 0.717) is 6.54 Å². The Bertz CT molecular complexity index is 689. The zero-order chi connectivity index (χ0) is 20.5. The second-order valence-electron chi connectivity index (χ2n) is 7.73. The molecule has 1 heterocycles. The van der Waals surface area contributed by atoms with Crippen molar-refractivity contribution in [1.82, 2.24) is 16.0 Å². The highest BCUT2D eigenvalue weighted by Gasteiger charge is 2.29. The second kappa shape index (κ2) is 11.0. The minimum Gasteiger partial charge on any atom is -0.394 e. The fourth-order valence-electron chi connectivity index (χ4n) is 3.81. The molecular formula is C22H31N3O4. The average molecular weight is 402 g/mol. The number of carbonyl (C=O) groups excluding carboxylic acids is 2.